The van der Waals surface area contributed by atoms with Crippen LogP contribution in [-0.2, 0) is 11.3 Å². The van der Waals surface area contributed by atoms with Crippen LogP contribution >= 0.6 is 0 Å². The van der Waals surface area contributed by atoms with Crippen molar-refractivity contribution < 1.29 is 9.53 Å². The molecular formula is C22H31N5O3. The third-order valence-corrected chi connectivity index (χ3v) is 5.08. The largest absolute Gasteiger partial charge is 0.444 e. The highest BCUT2D eigenvalue weighted by atomic mass is 16.6. The molecule has 0 radical (unpaired) electrons. The Morgan fingerprint density at radius 3 is 2.37 bits per heavy atom. The first-order valence-electron chi connectivity index (χ1n) is 10.4. The minimum Gasteiger partial charge on any atom is -0.444 e. The average molecular weight is 414 g/mol. The van der Waals surface area contributed by atoms with E-state index in [1.54, 1.807) is 12.3 Å². The van der Waals surface area contributed by atoms with Crippen molar-refractivity contribution in [1.29, 1.82) is 0 Å². The number of ether oxygens (including phenoxy) is 1. The number of aromatic nitrogens is 2. The number of carbonyl (C=O) groups is 1. The zero-order chi connectivity index (χ0) is 21.7. The van der Waals surface area contributed by atoms with Gasteiger partial charge < -0.3 is 21.1 Å². The van der Waals surface area contributed by atoms with Gasteiger partial charge in [-0.1, -0.05) is 12.1 Å². The monoisotopic (exact) mass is 413 g/mol. The Balaban J connectivity index is 1.44. The van der Waals surface area contributed by atoms with Crippen molar-refractivity contribution in [1.82, 2.24) is 20.2 Å². The number of carbonyl (C=O) groups excluding carboxylic acids is 1. The van der Waals surface area contributed by atoms with Crippen LogP contribution in [0.25, 0.3) is 5.69 Å². The second-order valence-corrected chi connectivity index (χ2v) is 8.75. The summed E-state index contributed by atoms with van der Waals surface area (Å²) in [5.41, 5.74) is 6.57. The molecule has 30 heavy (non-hydrogen) atoms. The molecule has 8 nitrogen and oxygen atoms in total. The second kappa shape index (κ2) is 9.30. The Bertz CT molecular complexity index is 910. The van der Waals surface area contributed by atoms with Gasteiger partial charge in [0.1, 0.15) is 11.4 Å². The van der Waals surface area contributed by atoms with Gasteiger partial charge in [0, 0.05) is 24.8 Å². The van der Waals surface area contributed by atoms with Gasteiger partial charge in [0.2, 0.25) is 0 Å². The van der Waals surface area contributed by atoms with Gasteiger partial charge in [0.15, 0.2) is 0 Å². The van der Waals surface area contributed by atoms with Crippen LogP contribution in [-0.4, -0.2) is 33.3 Å². The first-order chi connectivity index (χ1) is 14.2. The van der Waals surface area contributed by atoms with Crippen molar-refractivity contribution >= 4 is 11.9 Å². The third-order valence-electron chi connectivity index (χ3n) is 5.08. The number of amides is 1. The summed E-state index contributed by atoms with van der Waals surface area (Å²) in [6.07, 6.45) is 5.17. The van der Waals surface area contributed by atoms with Crippen molar-refractivity contribution in [2.75, 3.05) is 5.73 Å². The van der Waals surface area contributed by atoms with Crippen LogP contribution < -0.4 is 22.1 Å². The molecular weight excluding hydrogens is 382 g/mol. The zero-order valence-electron chi connectivity index (χ0n) is 17.9. The second-order valence-electron chi connectivity index (χ2n) is 8.75. The first kappa shape index (κ1) is 21.8. The molecule has 1 saturated carbocycles. The molecule has 162 valence electrons. The lowest BCUT2D eigenvalue weighted by atomic mass is 9.91. The lowest BCUT2D eigenvalue weighted by Gasteiger charge is -2.30. The van der Waals surface area contributed by atoms with E-state index in [0.717, 1.165) is 43.5 Å². The van der Waals surface area contributed by atoms with Crippen LogP contribution in [0.3, 0.4) is 0 Å². The van der Waals surface area contributed by atoms with Gasteiger partial charge >= 0.3 is 11.8 Å². The molecule has 4 N–H and O–H groups in total. The molecule has 1 aliphatic rings. The summed E-state index contributed by atoms with van der Waals surface area (Å²) in [7, 11) is 0. The van der Waals surface area contributed by atoms with Crippen LogP contribution in [0, 0.1) is 0 Å². The molecule has 1 fully saturated rings. The Labute approximate surface area is 176 Å². The van der Waals surface area contributed by atoms with Crippen LogP contribution in [0.15, 0.2) is 41.3 Å². The topological polar surface area (TPSA) is 111 Å². The fraction of sp³-hybridized carbons (Fsp3) is 0.500. The average Bonchev–Trinajstić information content (AvgIpc) is 2.66. The summed E-state index contributed by atoms with van der Waals surface area (Å²) in [5, 5.41) is 6.56. The van der Waals surface area contributed by atoms with Crippen molar-refractivity contribution in [2.24, 2.45) is 0 Å². The molecule has 3 rings (SSSR count). The van der Waals surface area contributed by atoms with Gasteiger partial charge in [-0.15, -0.1) is 0 Å². The van der Waals surface area contributed by atoms with E-state index >= 15 is 0 Å². The van der Waals surface area contributed by atoms with Gasteiger partial charge in [-0.2, -0.15) is 4.98 Å². The molecule has 0 bridgehead atoms. The number of benzene rings is 1. The predicted octanol–water partition coefficient (Wildman–Crippen LogP) is 2.74. The fourth-order valence-corrected chi connectivity index (χ4v) is 3.57. The number of alkyl carbamates (subject to hydrolysis) is 1. The number of nitrogen functional groups attached to an aromatic ring is 1. The molecule has 0 aliphatic heterocycles. The van der Waals surface area contributed by atoms with Crippen molar-refractivity contribution in [3.63, 3.8) is 0 Å². The summed E-state index contributed by atoms with van der Waals surface area (Å²) in [4.78, 5) is 27.6. The molecule has 0 unspecified atom stereocenters. The van der Waals surface area contributed by atoms with E-state index in [2.05, 4.69) is 15.6 Å². The van der Waals surface area contributed by atoms with Gasteiger partial charge in [0.05, 0.1) is 5.69 Å². The first-order valence-corrected chi connectivity index (χ1v) is 10.4. The van der Waals surface area contributed by atoms with Gasteiger partial charge in [-0.25, -0.2) is 9.59 Å². The number of hydrogen-bond donors (Lipinski definition) is 3. The Kier molecular flexibility index (Phi) is 6.77. The number of nitrogens with zero attached hydrogens (tertiary/aromatic N) is 2. The Morgan fingerprint density at radius 1 is 1.13 bits per heavy atom. The summed E-state index contributed by atoms with van der Waals surface area (Å²) in [5.74, 6) is 0.216. The van der Waals surface area contributed by atoms with Crippen molar-refractivity contribution in [2.45, 2.75) is 70.7 Å². The lowest BCUT2D eigenvalue weighted by molar-refractivity contribution is 0.0489. The molecule has 0 spiro atoms. The molecule has 8 heteroatoms. The minimum absolute atomic E-state index is 0.170. The zero-order valence-corrected chi connectivity index (χ0v) is 17.9. The van der Waals surface area contributed by atoms with E-state index in [1.165, 1.54) is 4.57 Å². The summed E-state index contributed by atoms with van der Waals surface area (Å²) >= 11 is 0. The summed E-state index contributed by atoms with van der Waals surface area (Å²) in [6.45, 7) is 6.35. The van der Waals surface area contributed by atoms with E-state index < -0.39 is 11.3 Å². The van der Waals surface area contributed by atoms with E-state index in [9.17, 15) is 9.59 Å². The smallest absolute Gasteiger partial charge is 0.407 e. The van der Waals surface area contributed by atoms with Crippen LogP contribution in [0.2, 0.25) is 0 Å². The highest BCUT2D eigenvalue weighted by Gasteiger charge is 2.24. The molecule has 0 atom stereocenters. The minimum atomic E-state index is -0.476. The molecule has 2 aromatic rings. The summed E-state index contributed by atoms with van der Waals surface area (Å²) in [6, 6.07) is 10.00. The molecule has 1 heterocycles. The number of hydrogen-bond acceptors (Lipinski definition) is 6. The van der Waals surface area contributed by atoms with Crippen molar-refractivity contribution in [3.05, 3.63) is 52.6 Å². The Hall–Kier alpha value is -2.87. The summed E-state index contributed by atoms with van der Waals surface area (Å²) < 4.78 is 6.80. The number of rotatable bonds is 5. The highest BCUT2D eigenvalue weighted by molar-refractivity contribution is 5.68. The number of nitrogens with two attached hydrogens (primary N) is 1. The van der Waals surface area contributed by atoms with Crippen LogP contribution in [0.1, 0.15) is 52.0 Å². The normalized spacial score (nSPS) is 19.3. The van der Waals surface area contributed by atoms with E-state index in [1.807, 2.05) is 45.0 Å². The highest BCUT2D eigenvalue weighted by Crippen LogP contribution is 2.20. The van der Waals surface area contributed by atoms with Gasteiger partial charge in [0.25, 0.3) is 0 Å². The number of anilines is 1. The SMILES string of the molecule is CC(C)(C)OC(=O)N[C@H]1CC[C@H](NCc2ccc(-n3ccc(N)nc3=O)cc2)CC1. The van der Waals surface area contributed by atoms with E-state index in [4.69, 9.17) is 10.5 Å². The molecule has 1 aliphatic carbocycles. The van der Waals surface area contributed by atoms with E-state index in [0.29, 0.717) is 6.04 Å². The Morgan fingerprint density at radius 2 is 1.77 bits per heavy atom. The number of nitrogens with one attached hydrogen (secondary N) is 2. The maximum atomic E-state index is 11.9. The van der Waals surface area contributed by atoms with Gasteiger partial charge in [-0.3, -0.25) is 4.57 Å². The lowest BCUT2D eigenvalue weighted by Crippen LogP contribution is -2.43. The van der Waals surface area contributed by atoms with Crippen molar-refractivity contribution in [3.8, 4) is 5.69 Å². The van der Waals surface area contributed by atoms with E-state index in [-0.39, 0.29) is 18.0 Å². The van der Waals surface area contributed by atoms with Crippen LogP contribution in [0.4, 0.5) is 10.6 Å². The molecule has 0 saturated heterocycles. The standard InChI is InChI=1S/C22H31N5O3/c1-22(2,3)30-21(29)25-17-8-6-16(7-9-17)24-14-15-4-10-18(11-5-15)27-13-12-19(23)26-20(27)28/h4-5,10-13,16-17,24H,6-9,14H2,1-3H3,(H,25,29)(H2,23,26,28)/t16-,17-. The maximum Gasteiger partial charge on any atom is 0.407 e. The third kappa shape index (κ3) is 6.32. The quantitative estimate of drug-likeness (QED) is 0.695. The maximum absolute atomic E-state index is 11.9. The molecule has 1 aromatic carbocycles. The fourth-order valence-electron chi connectivity index (χ4n) is 3.57. The van der Waals surface area contributed by atoms with Gasteiger partial charge in [-0.05, 0) is 70.2 Å². The van der Waals surface area contributed by atoms with Crippen LogP contribution in [0.5, 0.6) is 0 Å². The predicted molar refractivity (Wildman–Crippen MR) is 116 cm³/mol. The molecule has 1 amide bonds. The molecule has 1 aromatic heterocycles.